The highest BCUT2D eigenvalue weighted by molar-refractivity contribution is 7.84. The zero-order valence-electron chi connectivity index (χ0n) is 10.5. The average molecular weight is 247 g/mol. The van der Waals surface area contributed by atoms with Crippen molar-refractivity contribution in [1.29, 1.82) is 0 Å². The topological polar surface area (TPSA) is 49.3 Å². The molecule has 16 heavy (non-hydrogen) atoms. The highest BCUT2D eigenvalue weighted by Gasteiger charge is 2.31. The third-order valence-corrected chi connectivity index (χ3v) is 4.53. The average Bonchev–Trinajstić information content (AvgIpc) is 2.27. The molecular formula is C12H25NO2S. The van der Waals surface area contributed by atoms with Crippen molar-refractivity contribution < 1.29 is 9.32 Å². The Hall–Kier alpha value is 0.0700. The zero-order chi connectivity index (χ0) is 12.0. The van der Waals surface area contributed by atoms with E-state index in [1.807, 2.05) is 0 Å². The van der Waals surface area contributed by atoms with Gasteiger partial charge in [0.1, 0.15) is 0 Å². The number of aliphatic hydroxyl groups excluding tert-OH is 1. The van der Waals surface area contributed by atoms with E-state index in [0.717, 1.165) is 19.4 Å². The number of nitrogens with one attached hydrogen (secondary N) is 1. The molecule has 1 aliphatic carbocycles. The monoisotopic (exact) mass is 247 g/mol. The first-order valence-electron chi connectivity index (χ1n) is 6.22. The third kappa shape index (κ3) is 4.52. The smallest absolute Gasteiger partial charge is 0.0499 e. The fourth-order valence-electron chi connectivity index (χ4n) is 2.49. The lowest BCUT2D eigenvalue weighted by molar-refractivity contribution is 0.0796. The van der Waals surface area contributed by atoms with E-state index in [9.17, 15) is 9.32 Å². The molecule has 4 heteroatoms. The van der Waals surface area contributed by atoms with Crippen molar-refractivity contribution >= 4 is 10.8 Å². The van der Waals surface area contributed by atoms with Gasteiger partial charge in [0.25, 0.3) is 0 Å². The number of aliphatic hydroxyl groups is 1. The third-order valence-electron chi connectivity index (χ3n) is 3.56. The second-order valence-electron chi connectivity index (χ2n) is 5.24. The molecule has 2 N–H and O–H groups in total. The van der Waals surface area contributed by atoms with Crippen LogP contribution in [0.2, 0.25) is 0 Å². The lowest BCUT2D eigenvalue weighted by atomic mass is 9.74. The van der Waals surface area contributed by atoms with Gasteiger partial charge in [0.15, 0.2) is 0 Å². The minimum Gasteiger partial charge on any atom is -0.396 e. The maximum atomic E-state index is 11.1. The van der Waals surface area contributed by atoms with E-state index in [1.54, 1.807) is 6.26 Å². The van der Waals surface area contributed by atoms with Crippen LogP contribution in [0.4, 0.5) is 0 Å². The molecule has 0 aromatic rings. The Kier molecular flexibility index (Phi) is 5.94. The summed E-state index contributed by atoms with van der Waals surface area (Å²) in [5.74, 6) is 0.696. The predicted octanol–water partition coefficient (Wildman–Crippen LogP) is 1.29. The van der Waals surface area contributed by atoms with E-state index in [2.05, 4.69) is 12.2 Å². The second kappa shape index (κ2) is 6.72. The molecule has 0 aromatic carbocycles. The molecule has 96 valence electrons. The molecule has 2 unspecified atom stereocenters. The minimum atomic E-state index is -0.743. The highest BCUT2D eigenvalue weighted by Crippen LogP contribution is 2.35. The van der Waals surface area contributed by atoms with Gasteiger partial charge in [-0.25, -0.2) is 0 Å². The molecule has 1 aliphatic rings. The van der Waals surface area contributed by atoms with Crippen LogP contribution >= 0.6 is 0 Å². The maximum absolute atomic E-state index is 11.1. The first-order valence-corrected chi connectivity index (χ1v) is 7.95. The summed E-state index contributed by atoms with van der Waals surface area (Å²) in [6.07, 6.45) is 7.75. The van der Waals surface area contributed by atoms with Gasteiger partial charge in [-0.1, -0.05) is 19.3 Å². The van der Waals surface area contributed by atoms with Gasteiger partial charge < -0.3 is 10.4 Å². The fourth-order valence-corrected chi connectivity index (χ4v) is 3.32. The van der Waals surface area contributed by atoms with E-state index in [1.165, 1.54) is 19.3 Å². The Balaban J connectivity index is 2.35. The normalized spacial score (nSPS) is 23.9. The van der Waals surface area contributed by atoms with Gasteiger partial charge >= 0.3 is 0 Å². The number of hydrogen-bond acceptors (Lipinski definition) is 3. The Morgan fingerprint density at radius 2 is 2.00 bits per heavy atom. The van der Waals surface area contributed by atoms with Crippen LogP contribution in [0, 0.1) is 5.41 Å². The summed E-state index contributed by atoms with van der Waals surface area (Å²) in [4.78, 5) is 0. The number of hydrogen-bond donors (Lipinski definition) is 2. The molecule has 0 bridgehead atoms. The van der Waals surface area contributed by atoms with Crippen LogP contribution in [0.3, 0.4) is 0 Å². The van der Waals surface area contributed by atoms with Crippen LogP contribution < -0.4 is 5.32 Å². The standard InChI is InChI=1S/C12H25NO2S/c1-11(8-16(2)15)13-9-12(10-14)6-4-3-5-7-12/h11,13-14H,3-10H2,1-2H3. The lowest BCUT2D eigenvalue weighted by Crippen LogP contribution is -2.43. The zero-order valence-corrected chi connectivity index (χ0v) is 11.3. The van der Waals surface area contributed by atoms with E-state index < -0.39 is 10.8 Å². The van der Waals surface area contributed by atoms with Crippen LogP contribution in [0.1, 0.15) is 39.0 Å². The molecule has 0 heterocycles. The quantitative estimate of drug-likeness (QED) is 0.743. The molecule has 1 rings (SSSR count). The predicted molar refractivity (Wildman–Crippen MR) is 69.0 cm³/mol. The molecule has 0 aromatic heterocycles. The molecular weight excluding hydrogens is 222 g/mol. The largest absolute Gasteiger partial charge is 0.396 e. The summed E-state index contributed by atoms with van der Waals surface area (Å²) in [6, 6.07) is 0.274. The highest BCUT2D eigenvalue weighted by atomic mass is 32.2. The Bertz CT molecular complexity index is 227. The summed E-state index contributed by atoms with van der Waals surface area (Å²) in [7, 11) is -0.743. The fraction of sp³-hybridized carbons (Fsp3) is 1.00. The molecule has 1 saturated carbocycles. The Morgan fingerprint density at radius 3 is 2.50 bits per heavy atom. The van der Waals surface area contributed by atoms with Crippen molar-refractivity contribution in [2.75, 3.05) is 25.2 Å². The van der Waals surface area contributed by atoms with Crippen LogP contribution in [0.5, 0.6) is 0 Å². The van der Waals surface area contributed by atoms with Crippen molar-refractivity contribution in [3.63, 3.8) is 0 Å². The minimum absolute atomic E-state index is 0.0851. The van der Waals surface area contributed by atoms with Crippen LogP contribution in [-0.4, -0.2) is 40.5 Å². The van der Waals surface area contributed by atoms with Crippen molar-refractivity contribution in [2.45, 2.75) is 45.1 Å². The summed E-state index contributed by atoms with van der Waals surface area (Å²) >= 11 is 0. The van der Waals surface area contributed by atoms with Crippen LogP contribution in [0.25, 0.3) is 0 Å². The first-order chi connectivity index (χ1) is 7.58. The van der Waals surface area contributed by atoms with E-state index in [0.29, 0.717) is 5.75 Å². The Morgan fingerprint density at radius 1 is 1.38 bits per heavy atom. The van der Waals surface area contributed by atoms with Gasteiger partial charge in [0, 0.05) is 47.4 Å². The van der Waals surface area contributed by atoms with Gasteiger partial charge in [-0.2, -0.15) is 0 Å². The molecule has 0 aliphatic heterocycles. The van der Waals surface area contributed by atoms with Gasteiger partial charge in [0.2, 0.25) is 0 Å². The van der Waals surface area contributed by atoms with Crippen molar-refractivity contribution in [3.05, 3.63) is 0 Å². The molecule has 0 saturated heterocycles. The summed E-state index contributed by atoms with van der Waals surface area (Å²) in [5, 5.41) is 13.0. The van der Waals surface area contributed by atoms with Crippen molar-refractivity contribution in [1.82, 2.24) is 5.32 Å². The van der Waals surface area contributed by atoms with Crippen molar-refractivity contribution in [3.8, 4) is 0 Å². The molecule has 0 amide bonds. The summed E-state index contributed by atoms with van der Waals surface area (Å²) in [6.45, 7) is 3.21. The van der Waals surface area contributed by atoms with Gasteiger partial charge in [-0.3, -0.25) is 4.21 Å². The second-order valence-corrected chi connectivity index (χ2v) is 6.72. The molecule has 2 atom stereocenters. The van der Waals surface area contributed by atoms with Gasteiger partial charge in [-0.05, 0) is 19.8 Å². The Labute approximate surface area is 101 Å². The number of rotatable bonds is 6. The SMILES string of the molecule is CC(CS(C)=O)NCC1(CO)CCCCC1. The van der Waals surface area contributed by atoms with Gasteiger partial charge in [-0.15, -0.1) is 0 Å². The molecule has 1 fully saturated rings. The van der Waals surface area contributed by atoms with E-state index in [4.69, 9.17) is 0 Å². The van der Waals surface area contributed by atoms with E-state index >= 15 is 0 Å². The summed E-state index contributed by atoms with van der Waals surface area (Å²) in [5.41, 5.74) is 0.0851. The van der Waals surface area contributed by atoms with Gasteiger partial charge in [0.05, 0.1) is 0 Å². The molecule has 0 spiro atoms. The van der Waals surface area contributed by atoms with E-state index in [-0.39, 0.29) is 18.1 Å². The molecule has 3 nitrogen and oxygen atoms in total. The molecule has 0 radical (unpaired) electrons. The van der Waals surface area contributed by atoms with Crippen LogP contribution in [-0.2, 0) is 10.8 Å². The van der Waals surface area contributed by atoms with Crippen LogP contribution in [0.15, 0.2) is 0 Å². The lowest BCUT2D eigenvalue weighted by Gasteiger charge is -2.36. The maximum Gasteiger partial charge on any atom is 0.0499 e. The van der Waals surface area contributed by atoms with Crippen molar-refractivity contribution in [2.24, 2.45) is 5.41 Å². The summed E-state index contributed by atoms with van der Waals surface area (Å²) < 4.78 is 11.1. The first kappa shape index (κ1) is 14.1.